The molecule has 4 heteroatoms. The lowest BCUT2D eigenvalue weighted by molar-refractivity contribution is 0.450. The van der Waals surface area contributed by atoms with E-state index in [-0.39, 0.29) is 0 Å². The second-order valence-electron chi connectivity index (χ2n) is 4.51. The van der Waals surface area contributed by atoms with E-state index in [4.69, 9.17) is 4.74 Å². The van der Waals surface area contributed by atoms with Crippen molar-refractivity contribution in [3.05, 3.63) is 47.2 Å². The van der Waals surface area contributed by atoms with E-state index in [0.29, 0.717) is 5.88 Å². The van der Waals surface area contributed by atoms with Crippen molar-refractivity contribution in [2.24, 2.45) is 0 Å². The second-order valence-corrected chi connectivity index (χ2v) is 4.51. The van der Waals surface area contributed by atoms with Gasteiger partial charge in [0.25, 0.3) is 0 Å². The van der Waals surface area contributed by atoms with Gasteiger partial charge in [-0.15, -0.1) is 5.10 Å². The Labute approximate surface area is 113 Å². The fourth-order valence-corrected chi connectivity index (χ4v) is 1.78. The summed E-state index contributed by atoms with van der Waals surface area (Å²) in [5, 5.41) is 11.4. The first-order chi connectivity index (χ1) is 9.19. The van der Waals surface area contributed by atoms with Gasteiger partial charge in [-0.1, -0.05) is 24.6 Å². The van der Waals surface area contributed by atoms with Gasteiger partial charge < -0.3 is 10.1 Å². The van der Waals surface area contributed by atoms with Gasteiger partial charge in [0.05, 0.1) is 5.69 Å². The standard InChI is InChI=1S/C15H19N3O/c1-4-16-10-13-6-8-15(18-17-13)19-14-7-5-11(2)9-12(14)3/h5-9,16H,4,10H2,1-3H3. The average Bonchev–Trinajstić information content (AvgIpc) is 2.41. The third-order valence-corrected chi connectivity index (χ3v) is 2.80. The molecule has 2 aromatic rings. The predicted molar refractivity (Wildman–Crippen MR) is 75.4 cm³/mol. The SMILES string of the molecule is CCNCc1ccc(Oc2ccc(C)cc2C)nn1. The van der Waals surface area contributed by atoms with Crippen molar-refractivity contribution < 1.29 is 4.74 Å². The highest BCUT2D eigenvalue weighted by atomic mass is 16.5. The molecule has 1 heterocycles. The maximum Gasteiger partial charge on any atom is 0.238 e. The van der Waals surface area contributed by atoms with E-state index in [0.717, 1.165) is 30.1 Å². The molecular formula is C15H19N3O. The molecule has 4 nitrogen and oxygen atoms in total. The zero-order valence-electron chi connectivity index (χ0n) is 11.6. The van der Waals surface area contributed by atoms with Crippen LogP contribution in [0.3, 0.4) is 0 Å². The van der Waals surface area contributed by atoms with Gasteiger partial charge in [0.1, 0.15) is 5.75 Å². The lowest BCUT2D eigenvalue weighted by atomic mass is 10.1. The Balaban J connectivity index is 2.06. The largest absolute Gasteiger partial charge is 0.437 e. The number of ether oxygens (including phenoxy) is 1. The molecule has 0 spiro atoms. The Morgan fingerprint density at radius 2 is 1.95 bits per heavy atom. The van der Waals surface area contributed by atoms with E-state index in [2.05, 4.69) is 35.4 Å². The van der Waals surface area contributed by atoms with Crippen LogP contribution in [0.4, 0.5) is 0 Å². The van der Waals surface area contributed by atoms with Gasteiger partial charge in [0.2, 0.25) is 5.88 Å². The summed E-state index contributed by atoms with van der Waals surface area (Å²) in [6.45, 7) is 7.79. The first kappa shape index (κ1) is 13.5. The van der Waals surface area contributed by atoms with Crippen molar-refractivity contribution >= 4 is 0 Å². The molecule has 0 aliphatic carbocycles. The number of aryl methyl sites for hydroxylation is 2. The van der Waals surface area contributed by atoms with Crippen LogP contribution in [0, 0.1) is 13.8 Å². The summed E-state index contributed by atoms with van der Waals surface area (Å²) in [7, 11) is 0. The zero-order chi connectivity index (χ0) is 13.7. The summed E-state index contributed by atoms with van der Waals surface area (Å²) in [6.07, 6.45) is 0. The molecule has 0 radical (unpaired) electrons. The van der Waals surface area contributed by atoms with E-state index in [1.54, 1.807) is 0 Å². The van der Waals surface area contributed by atoms with Crippen LogP contribution >= 0.6 is 0 Å². The molecule has 0 aliphatic heterocycles. The van der Waals surface area contributed by atoms with E-state index in [1.165, 1.54) is 5.56 Å². The van der Waals surface area contributed by atoms with Crippen molar-refractivity contribution in [3.63, 3.8) is 0 Å². The molecule has 1 N–H and O–H groups in total. The average molecular weight is 257 g/mol. The van der Waals surface area contributed by atoms with Crippen LogP contribution in [0.5, 0.6) is 11.6 Å². The summed E-state index contributed by atoms with van der Waals surface area (Å²) >= 11 is 0. The van der Waals surface area contributed by atoms with Crippen molar-refractivity contribution in [1.29, 1.82) is 0 Å². The number of nitrogens with zero attached hydrogens (tertiary/aromatic N) is 2. The first-order valence-corrected chi connectivity index (χ1v) is 6.47. The minimum Gasteiger partial charge on any atom is -0.437 e. The van der Waals surface area contributed by atoms with Gasteiger partial charge in [-0.25, -0.2) is 0 Å². The zero-order valence-corrected chi connectivity index (χ0v) is 11.6. The lowest BCUT2D eigenvalue weighted by Crippen LogP contribution is -2.13. The van der Waals surface area contributed by atoms with Crippen LogP contribution in [-0.2, 0) is 6.54 Å². The lowest BCUT2D eigenvalue weighted by Gasteiger charge is -2.08. The number of benzene rings is 1. The Morgan fingerprint density at radius 3 is 2.58 bits per heavy atom. The Kier molecular flexibility index (Phi) is 4.47. The highest BCUT2D eigenvalue weighted by molar-refractivity contribution is 5.37. The topological polar surface area (TPSA) is 47.0 Å². The van der Waals surface area contributed by atoms with Crippen molar-refractivity contribution in [1.82, 2.24) is 15.5 Å². The van der Waals surface area contributed by atoms with E-state index in [1.807, 2.05) is 31.2 Å². The summed E-state index contributed by atoms with van der Waals surface area (Å²) in [5.74, 6) is 1.34. The molecule has 0 aliphatic rings. The molecule has 100 valence electrons. The Bertz CT molecular complexity index is 538. The molecule has 19 heavy (non-hydrogen) atoms. The number of hydrogen-bond acceptors (Lipinski definition) is 4. The maximum absolute atomic E-state index is 5.73. The molecule has 0 bridgehead atoms. The van der Waals surface area contributed by atoms with Crippen LogP contribution in [0.2, 0.25) is 0 Å². The second kappa shape index (κ2) is 6.29. The fraction of sp³-hybridized carbons (Fsp3) is 0.333. The van der Waals surface area contributed by atoms with Crippen molar-refractivity contribution in [2.75, 3.05) is 6.54 Å². The smallest absolute Gasteiger partial charge is 0.238 e. The molecular weight excluding hydrogens is 238 g/mol. The van der Waals surface area contributed by atoms with Crippen LogP contribution in [0.15, 0.2) is 30.3 Å². The summed E-state index contributed by atoms with van der Waals surface area (Å²) in [5.41, 5.74) is 3.23. The van der Waals surface area contributed by atoms with E-state index >= 15 is 0 Å². The molecule has 1 aromatic carbocycles. The van der Waals surface area contributed by atoms with Gasteiger partial charge in [-0.3, -0.25) is 0 Å². The monoisotopic (exact) mass is 257 g/mol. The Morgan fingerprint density at radius 1 is 1.11 bits per heavy atom. The normalized spacial score (nSPS) is 10.5. The summed E-state index contributed by atoms with van der Waals surface area (Å²) < 4.78 is 5.73. The molecule has 2 rings (SSSR count). The van der Waals surface area contributed by atoms with Crippen LogP contribution in [0.1, 0.15) is 23.7 Å². The quantitative estimate of drug-likeness (QED) is 0.894. The summed E-state index contributed by atoms with van der Waals surface area (Å²) in [6, 6.07) is 9.84. The molecule has 0 unspecified atom stereocenters. The van der Waals surface area contributed by atoms with Gasteiger partial charge in [-0.05, 0) is 38.1 Å². The van der Waals surface area contributed by atoms with E-state index in [9.17, 15) is 0 Å². The third kappa shape index (κ3) is 3.76. The number of nitrogens with one attached hydrogen (secondary N) is 1. The van der Waals surface area contributed by atoms with Gasteiger partial charge >= 0.3 is 0 Å². The minimum atomic E-state index is 0.521. The molecule has 0 saturated carbocycles. The molecule has 0 saturated heterocycles. The van der Waals surface area contributed by atoms with Gasteiger partial charge in [-0.2, -0.15) is 5.10 Å². The summed E-state index contributed by atoms with van der Waals surface area (Å²) in [4.78, 5) is 0. The van der Waals surface area contributed by atoms with Crippen LogP contribution in [-0.4, -0.2) is 16.7 Å². The fourth-order valence-electron chi connectivity index (χ4n) is 1.78. The van der Waals surface area contributed by atoms with Gasteiger partial charge in [0.15, 0.2) is 0 Å². The highest BCUT2D eigenvalue weighted by Gasteiger charge is 2.03. The van der Waals surface area contributed by atoms with E-state index < -0.39 is 0 Å². The minimum absolute atomic E-state index is 0.521. The van der Waals surface area contributed by atoms with Gasteiger partial charge in [0, 0.05) is 12.6 Å². The third-order valence-electron chi connectivity index (χ3n) is 2.80. The van der Waals surface area contributed by atoms with Crippen LogP contribution in [0.25, 0.3) is 0 Å². The molecule has 0 atom stereocenters. The number of aromatic nitrogens is 2. The number of rotatable bonds is 5. The van der Waals surface area contributed by atoms with Crippen molar-refractivity contribution in [2.45, 2.75) is 27.3 Å². The van der Waals surface area contributed by atoms with Crippen LogP contribution < -0.4 is 10.1 Å². The first-order valence-electron chi connectivity index (χ1n) is 6.47. The number of hydrogen-bond donors (Lipinski definition) is 1. The highest BCUT2D eigenvalue weighted by Crippen LogP contribution is 2.23. The molecule has 0 amide bonds. The maximum atomic E-state index is 5.73. The predicted octanol–water partition coefficient (Wildman–Crippen LogP) is 3.00. The van der Waals surface area contributed by atoms with Crippen molar-refractivity contribution in [3.8, 4) is 11.6 Å². The Hall–Kier alpha value is -1.94. The molecule has 0 fully saturated rings. The molecule has 1 aromatic heterocycles.